The fraction of sp³-hybridized carbons (Fsp3) is 0.190. The van der Waals surface area contributed by atoms with Crippen molar-refractivity contribution >= 4 is 28.5 Å². The molecule has 0 bridgehead atoms. The molecule has 1 heterocycles. The molecule has 2 aromatic carbocycles. The average molecular weight is 395 g/mol. The highest BCUT2D eigenvalue weighted by Gasteiger charge is 2.19. The van der Waals surface area contributed by atoms with E-state index in [1.54, 1.807) is 6.92 Å². The predicted octanol–water partition coefficient (Wildman–Crippen LogP) is 4.63. The van der Waals surface area contributed by atoms with Crippen LogP contribution in [0.2, 0.25) is 0 Å². The summed E-state index contributed by atoms with van der Waals surface area (Å²) in [5.74, 6) is -0.236. The van der Waals surface area contributed by atoms with Crippen molar-refractivity contribution in [2.24, 2.45) is 0 Å². The molecule has 144 valence electrons. The molecule has 7 heteroatoms. The van der Waals surface area contributed by atoms with Gasteiger partial charge in [-0.25, -0.2) is 9.78 Å². The van der Waals surface area contributed by atoms with Crippen LogP contribution in [-0.4, -0.2) is 23.6 Å². The highest BCUT2D eigenvalue weighted by atomic mass is 32.1. The minimum Gasteiger partial charge on any atom is -0.450 e. The number of aromatic nitrogens is 1. The van der Waals surface area contributed by atoms with Gasteiger partial charge in [0.15, 0.2) is 5.13 Å². The third-order valence-electron chi connectivity index (χ3n) is 3.98. The molecule has 0 fully saturated rings. The maximum atomic E-state index is 12.5. The Bertz CT molecular complexity index is 913. The fourth-order valence-corrected chi connectivity index (χ4v) is 3.42. The molecule has 0 unspecified atom stereocenters. The second-order valence-corrected chi connectivity index (χ2v) is 6.84. The molecule has 2 amide bonds. The van der Waals surface area contributed by atoms with Gasteiger partial charge in [-0.2, -0.15) is 0 Å². The quantitative estimate of drug-likeness (QED) is 0.611. The van der Waals surface area contributed by atoms with Crippen LogP contribution in [0.15, 0.2) is 66.0 Å². The summed E-state index contributed by atoms with van der Waals surface area (Å²) in [6.45, 7) is 2.00. The molecule has 0 radical (unpaired) electrons. The Balaban J connectivity index is 1.67. The molecule has 2 N–H and O–H groups in total. The van der Waals surface area contributed by atoms with Gasteiger partial charge in [-0.1, -0.05) is 60.7 Å². The highest BCUT2D eigenvalue weighted by molar-refractivity contribution is 7.14. The molecule has 0 aliphatic carbocycles. The number of nitrogens with zero attached hydrogens (tertiary/aromatic N) is 1. The number of anilines is 1. The molecule has 0 spiro atoms. The molecular weight excluding hydrogens is 374 g/mol. The summed E-state index contributed by atoms with van der Waals surface area (Å²) < 4.78 is 4.95. The lowest BCUT2D eigenvalue weighted by molar-refractivity contribution is -0.116. The minimum atomic E-state index is -0.551. The van der Waals surface area contributed by atoms with Crippen LogP contribution >= 0.6 is 11.3 Å². The van der Waals surface area contributed by atoms with Gasteiger partial charge >= 0.3 is 6.09 Å². The third-order valence-corrected chi connectivity index (χ3v) is 4.74. The highest BCUT2D eigenvalue weighted by Crippen LogP contribution is 2.25. The molecule has 1 aromatic heterocycles. The molecule has 3 aromatic rings. The zero-order valence-corrected chi connectivity index (χ0v) is 16.2. The number of amides is 2. The van der Waals surface area contributed by atoms with Crippen LogP contribution in [0.3, 0.4) is 0 Å². The van der Waals surface area contributed by atoms with Crippen molar-refractivity contribution < 1.29 is 14.3 Å². The zero-order valence-electron chi connectivity index (χ0n) is 15.4. The van der Waals surface area contributed by atoms with Gasteiger partial charge in [-0.3, -0.25) is 4.79 Å². The van der Waals surface area contributed by atoms with Crippen LogP contribution in [0.1, 0.15) is 24.9 Å². The van der Waals surface area contributed by atoms with Crippen molar-refractivity contribution in [3.05, 3.63) is 71.6 Å². The number of alkyl carbamates (subject to hydrolysis) is 1. The van der Waals surface area contributed by atoms with Crippen LogP contribution in [0.4, 0.5) is 9.93 Å². The Hall–Kier alpha value is -3.19. The normalized spacial score (nSPS) is 11.5. The summed E-state index contributed by atoms with van der Waals surface area (Å²) in [6.07, 6.45) is -0.479. The second kappa shape index (κ2) is 9.66. The van der Waals surface area contributed by atoms with Crippen molar-refractivity contribution in [1.82, 2.24) is 10.3 Å². The van der Waals surface area contributed by atoms with Crippen LogP contribution in [0.25, 0.3) is 11.3 Å². The molecule has 3 rings (SSSR count). The van der Waals surface area contributed by atoms with Gasteiger partial charge in [0.1, 0.15) is 0 Å². The summed E-state index contributed by atoms with van der Waals surface area (Å²) in [5, 5.41) is 7.98. The van der Waals surface area contributed by atoms with Gasteiger partial charge in [-0.15, -0.1) is 11.3 Å². The summed E-state index contributed by atoms with van der Waals surface area (Å²) >= 11 is 1.36. The first-order chi connectivity index (χ1) is 13.7. The van der Waals surface area contributed by atoms with Gasteiger partial charge in [0.25, 0.3) is 0 Å². The Morgan fingerprint density at radius 1 is 1.07 bits per heavy atom. The summed E-state index contributed by atoms with van der Waals surface area (Å²) in [4.78, 5) is 28.9. The van der Waals surface area contributed by atoms with E-state index in [0.717, 1.165) is 16.8 Å². The number of carbonyl (C=O) groups excluding carboxylic acids is 2. The number of hydrogen-bond donors (Lipinski definition) is 2. The maximum absolute atomic E-state index is 12.5. The van der Waals surface area contributed by atoms with Gasteiger partial charge in [-0.05, 0) is 12.5 Å². The van der Waals surface area contributed by atoms with Crippen LogP contribution in [-0.2, 0) is 9.53 Å². The van der Waals surface area contributed by atoms with Crippen molar-refractivity contribution in [2.75, 3.05) is 11.9 Å². The largest absolute Gasteiger partial charge is 0.450 e. The number of ether oxygens (including phenoxy) is 1. The van der Waals surface area contributed by atoms with E-state index in [9.17, 15) is 9.59 Å². The summed E-state index contributed by atoms with van der Waals surface area (Å²) in [7, 11) is 0. The molecule has 0 aliphatic heterocycles. The second-order valence-electron chi connectivity index (χ2n) is 5.98. The Labute approximate surface area is 167 Å². The van der Waals surface area contributed by atoms with E-state index in [1.165, 1.54) is 11.3 Å². The first-order valence-electron chi connectivity index (χ1n) is 8.94. The summed E-state index contributed by atoms with van der Waals surface area (Å²) in [6, 6.07) is 18.6. The number of benzene rings is 2. The number of nitrogens with one attached hydrogen (secondary N) is 2. The number of carbonyl (C=O) groups is 2. The van der Waals surface area contributed by atoms with E-state index in [2.05, 4.69) is 15.6 Å². The fourth-order valence-electron chi connectivity index (χ4n) is 2.68. The molecular formula is C21H21N3O3S. The van der Waals surface area contributed by atoms with Gasteiger partial charge in [0.2, 0.25) is 5.91 Å². The van der Waals surface area contributed by atoms with E-state index in [1.807, 2.05) is 66.0 Å². The van der Waals surface area contributed by atoms with Crippen molar-refractivity contribution in [3.8, 4) is 11.3 Å². The number of hydrogen-bond acceptors (Lipinski definition) is 5. The van der Waals surface area contributed by atoms with E-state index >= 15 is 0 Å². The molecule has 1 atom stereocenters. The molecule has 28 heavy (non-hydrogen) atoms. The monoisotopic (exact) mass is 395 g/mol. The Morgan fingerprint density at radius 2 is 1.75 bits per heavy atom. The van der Waals surface area contributed by atoms with Crippen molar-refractivity contribution in [2.45, 2.75) is 19.4 Å². The van der Waals surface area contributed by atoms with Gasteiger partial charge < -0.3 is 15.4 Å². The molecule has 0 saturated carbocycles. The zero-order chi connectivity index (χ0) is 19.8. The standard InChI is InChI=1S/C21H21N3O3S/c1-2-27-21(26)23-17(15-9-5-3-6-10-15)13-19(25)24-20-22-18(14-28-20)16-11-7-4-8-12-16/h3-12,14,17H,2,13H2,1H3,(H,23,26)(H,22,24,25)/t17-/m0/s1. The topological polar surface area (TPSA) is 80.3 Å². The predicted molar refractivity (Wildman–Crippen MR) is 110 cm³/mol. The van der Waals surface area contributed by atoms with Crippen LogP contribution in [0.5, 0.6) is 0 Å². The molecule has 0 aliphatic rings. The maximum Gasteiger partial charge on any atom is 0.407 e. The van der Waals surface area contributed by atoms with Crippen LogP contribution in [0, 0.1) is 0 Å². The van der Waals surface area contributed by atoms with Crippen LogP contribution < -0.4 is 10.6 Å². The first kappa shape index (κ1) is 19.6. The van der Waals surface area contributed by atoms with Crippen molar-refractivity contribution in [1.29, 1.82) is 0 Å². The molecule has 0 saturated heterocycles. The lowest BCUT2D eigenvalue weighted by Gasteiger charge is -2.18. The SMILES string of the molecule is CCOC(=O)N[C@@H](CC(=O)Nc1nc(-c2ccccc2)cs1)c1ccccc1. The van der Waals surface area contributed by atoms with Gasteiger partial charge in [0, 0.05) is 10.9 Å². The first-order valence-corrected chi connectivity index (χ1v) is 9.82. The smallest absolute Gasteiger partial charge is 0.407 e. The summed E-state index contributed by atoms with van der Waals surface area (Å²) in [5.41, 5.74) is 2.63. The average Bonchev–Trinajstić information content (AvgIpc) is 3.17. The van der Waals surface area contributed by atoms with E-state index in [-0.39, 0.29) is 18.9 Å². The van der Waals surface area contributed by atoms with E-state index in [0.29, 0.717) is 5.13 Å². The lowest BCUT2D eigenvalue weighted by atomic mass is 10.0. The third kappa shape index (κ3) is 5.40. The Morgan fingerprint density at radius 3 is 2.43 bits per heavy atom. The number of thiazole rings is 1. The van der Waals surface area contributed by atoms with Gasteiger partial charge in [0.05, 0.1) is 24.8 Å². The lowest BCUT2D eigenvalue weighted by Crippen LogP contribution is -2.32. The number of rotatable bonds is 7. The molecule has 6 nitrogen and oxygen atoms in total. The van der Waals surface area contributed by atoms with E-state index in [4.69, 9.17) is 4.74 Å². The van der Waals surface area contributed by atoms with E-state index < -0.39 is 12.1 Å². The van der Waals surface area contributed by atoms with Crippen molar-refractivity contribution in [3.63, 3.8) is 0 Å². The Kier molecular flexibility index (Phi) is 6.75. The minimum absolute atomic E-state index is 0.0725.